The number of anilines is 1. The normalized spacial score (nSPS) is 10.0. The second-order valence-electron chi connectivity index (χ2n) is 5.00. The van der Waals surface area contributed by atoms with Crippen LogP contribution in [0.5, 0.6) is 11.5 Å². The van der Waals surface area contributed by atoms with Crippen molar-refractivity contribution in [1.29, 1.82) is 0 Å². The van der Waals surface area contributed by atoms with Crippen LogP contribution < -0.4 is 20.1 Å². The van der Waals surface area contributed by atoms with Crippen molar-refractivity contribution in [1.82, 2.24) is 5.32 Å². The van der Waals surface area contributed by atoms with E-state index in [2.05, 4.69) is 10.6 Å². The maximum Gasteiger partial charge on any atom is 0.257 e. The van der Waals surface area contributed by atoms with Crippen molar-refractivity contribution >= 4 is 28.9 Å². The molecule has 0 saturated heterocycles. The average Bonchev–Trinajstić information content (AvgIpc) is 2.63. The van der Waals surface area contributed by atoms with Gasteiger partial charge in [0.25, 0.3) is 5.91 Å². The molecule has 2 rings (SSSR count). The maximum absolute atomic E-state index is 12.2. The number of methoxy groups -OCH3 is 2. The molecule has 25 heavy (non-hydrogen) atoms. The summed E-state index contributed by atoms with van der Waals surface area (Å²) in [5.74, 6) is 1.12. The van der Waals surface area contributed by atoms with Crippen molar-refractivity contribution < 1.29 is 19.0 Å². The molecule has 0 heterocycles. The first-order valence-corrected chi connectivity index (χ1v) is 8.01. The Bertz CT molecular complexity index is 702. The summed E-state index contributed by atoms with van der Waals surface area (Å²) in [5.41, 5.74) is 1.24. The second-order valence-corrected chi connectivity index (χ2v) is 5.41. The molecule has 0 saturated carbocycles. The highest BCUT2D eigenvalue weighted by atomic mass is 32.1. The standard InChI is InChI=1S/C18H20N2O4S/c1-22-11-12-24-16-7-3-13(4-8-16)17(21)20-18(25)19-14-5-9-15(23-2)10-6-14/h3-10H,11-12H2,1-2H3,(H2,19,20,21,25). The Labute approximate surface area is 152 Å². The Hall–Kier alpha value is -2.64. The van der Waals surface area contributed by atoms with Crippen LogP contribution >= 0.6 is 12.2 Å². The van der Waals surface area contributed by atoms with Crippen molar-refractivity contribution in [2.45, 2.75) is 0 Å². The summed E-state index contributed by atoms with van der Waals surface area (Å²) in [6.45, 7) is 0.964. The van der Waals surface area contributed by atoms with Crippen LogP contribution in [0.3, 0.4) is 0 Å². The minimum absolute atomic E-state index is 0.218. The zero-order valence-electron chi connectivity index (χ0n) is 14.1. The van der Waals surface area contributed by atoms with Crippen molar-refractivity contribution in [3.8, 4) is 11.5 Å². The lowest BCUT2D eigenvalue weighted by Gasteiger charge is -2.10. The quantitative estimate of drug-likeness (QED) is 0.585. The summed E-state index contributed by atoms with van der Waals surface area (Å²) in [7, 11) is 3.21. The third-order valence-corrected chi connectivity index (χ3v) is 3.45. The lowest BCUT2D eigenvalue weighted by Crippen LogP contribution is -2.34. The van der Waals surface area contributed by atoms with Crippen LogP contribution in [-0.4, -0.2) is 38.5 Å². The van der Waals surface area contributed by atoms with Gasteiger partial charge in [0, 0.05) is 18.4 Å². The van der Waals surface area contributed by atoms with Gasteiger partial charge >= 0.3 is 0 Å². The Balaban J connectivity index is 1.86. The first kappa shape index (κ1) is 18.7. The molecule has 132 valence electrons. The van der Waals surface area contributed by atoms with Crippen LogP contribution in [-0.2, 0) is 4.74 Å². The van der Waals surface area contributed by atoms with Gasteiger partial charge in [0.1, 0.15) is 18.1 Å². The van der Waals surface area contributed by atoms with Gasteiger partial charge in [-0.1, -0.05) is 0 Å². The first-order chi connectivity index (χ1) is 12.1. The zero-order valence-corrected chi connectivity index (χ0v) is 14.9. The molecule has 1 amide bonds. The molecule has 0 aromatic heterocycles. The van der Waals surface area contributed by atoms with E-state index in [1.54, 1.807) is 50.6 Å². The fraction of sp³-hybridized carbons (Fsp3) is 0.222. The second kappa shape index (κ2) is 9.61. The van der Waals surface area contributed by atoms with E-state index in [4.69, 9.17) is 26.4 Å². The molecular formula is C18H20N2O4S. The third-order valence-electron chi connectivity index (χ3n) is 3.25. The van der Waals surface area contributed by atoms with Gasteiger partial charge in [-0.25, -0.2) is 0 Å². The van der Waals surface area contributed by atoms with Crippen molar-refractivity contribution in [2.75, 3.05) is 32.8 Å². The SMILES string of the molecule is COCCOc1ccc(C(=O)NC(=S)Nc2ccc(OC)cc2)cc1. The molecule has 0 fully saturated rings. The molecule has 0 radical (unpaired) electrons. The van der Waals surface area contributed by atoms with Gasteiger partial charge in [-0.05, 0) is 60.7 Å². The minimum atomic E-state index is -0.297. The molecule has 0 spiro atoms. The van der Waals surface area contributed by atoms with E-state index >= 15 is 0 Å². The lowest BCUT2D eigenvalue weighted by molar-refractivity contribution is 0.0977. The summed E-state index contributed by atoms with van der Waals surface area (Å²) < 4.78 is 15.5. The van der Waals surface area contributed by atoms with Crippen molar-refractivity contribution in [3.05, 3.63) is 54.1 Å². The number of carbonyl (C=O) groups is 1. The van der Waals surface area contributed by atoms with Crippen molar-refractivity contribution in [2.24, 2.45) is 0 Å². The van der Waals surface area contributed by atoms with Crippen LogP contribution in [0.2, 0.25) is 0 Å². The highest BCUT2D eigenvalue weighted by Crippen LogP contribution is 2.15. The molecule has 0 aliphatic carbocycles. The van der Waals surface area contributed by atoms with E-state index in [0.29, 0.717) is 24.5 Å². The predicted molar refractivity (Wildman–Crippen MR) is 100 cm³/mol. The fourth-order valence-corrected chi connectivity index (χ4v) is 2.17. The van der Waals surface area contributed by atoms with E-state index in [1.807, 2.05) is 12.1 Å². The van der Waals surface area contributed by atoms with Gasteiger partial charge < -0.3 is 19.5 Å². The van der Waals surface area contributed by atoms with Gasteiger partial charge in [-0.2, -0.15) is 0 Å². The van der Waals surface area contributed by atoms with Crippen LogP contribution in [0.25, 0.3) is 0 Å². The first-order valence-electron chi connectivity index (χ1n) is 7.60. The van der Waals surface area contributed by atoms with E-state index < -0.39 is 0 Å². The molecule has 2 N–H and O–H groups in total. The predicted octanol–water partition coefficient (Wildman–Crippen LogP) is 2.85. The summed E-state index contributed by atoms with van der Waals surface area (Å²) in [6.07, 6.45) is 0. The summed E-state index contributed by atoms with van der Waals surface area (Å²) >= 11 is 5.16. The van der Waals surface area contributed by atoms with Gasteiger partial charge in [0.05, 0.1) is 13.7 Å². The molecule has 0 aliphatic heterocycles. The van der Waals surface area contributed by atoms with Crippen LogP contribution in [0.15, 0.2) is 48.5 Å². The highest BCUT2D eigenvalue weighted by Gasteiger charge is 2.08. The number of carbonyl (C=O) groups excluding carboxylic acids is 1. The van der Waals surface area contributed by atoms with Crippen LogP contribution in [0.4, 0.5) is 5.69 Å². The summed E-state index contributed by atoms with van der Waals surface area (Å²) in [4.78, 5) is 12.2. The molecule has 2 aromatic carbocycles. The summed E-state index contributed by atoms with van der Waals surface area (Å²) in [5, 5.41) is 5.80. The van der Waals surface area contributed by atoms with Crippen molar-refractivity contribution in [3.63, 3.8) is 0 Å². The van der Waals surface area contributed by atoms with E-state index in [9.17, 15) is 4.79 Å². The molecule has 0 aliphatic rings. The smallest absolute Gasteiger partial charge is 0.257 e. The number of ether oxygens (including phenoxy) is 3. The van der Waals surface area contributed by atoms with E-state index in [-0.39, 0.29) is 11.0 Å². The Morgan fingerprint density at radius 1 is 0.960 bits per heavy atom. The number of thiocarbonyl (C=S) groups is 1. The van der Waals surface area contributed by atoms with Crippen LogP contribution in [0.1, 0.15) is 10.4 Å². The Kier molecular flexibility index (Phi) is 7.18. The van der Waals surface area contributed by atoms with Gasteiger partial charge in [-0.15, -0.1) is 0 Å². The highest BCUT2D eigenvalue weighted by molar-refractivity contribution is 7.80. The third kappa shape index (κ3) is 6.06. The Morgan fingerprint density at radius 2 is 1.60 bits per heavy atom. The number of benzene rings is 2. The Morgan fingerprint density at radius 3 is 2.20 bits per heavy atom. The number of amides is 1. The van der Waals surface area contributed by atoms with Gasteiger partial charge in [0.2, 0.25) is 0 Å². The number of hydrogen-bond donors (Lipinski definition) is 2. The number of hydrogen-bond acceptors (Lipinski definition) is 5. The summed E-state index contributed by atoms with van der Waals surface area (Å²) in [6, 6.07) is 14.0. The fourth-order valence-electron chi connectivity index (χ4n) is 1.96. The molecular weight excluding hydrogens is 340 g/mol. The van der Waals surface area contributed by atoms with Gasteiger partial charge in [-0.3, -0.25) is 10.1 Å². The lowest BCUT2D eigenvalue weighted by atomic mass is 10.2. The number of nitrogens with one attached hydrogen (secondary N) is 2. The molecule has 2 aromatic rings. The topological polar surface area (TPSA) is 68.8 Å². The van der Waals surface area contributed by atoms with E-state index in [1.165, 1.54) is 0 Å². The van der Waals surface area contributed by atoms with Crippen LogP contribution in [0, 0.1) is 0 Å². The van der Waals surface area contributed by atoms with E-state index in [0.717, 1.165) is 11.4 Å². The molecule has 0 unspecified atom stereocenters. The maximum atomic E-state index is 12.2. The molecule has 6 nitrogen and oxygen atoms in total. The molecule has 7 heteroatoms. The zero-order chi connectivity index (χ0) is 18.1. The number of rotatable bonds is 7. The monoisotopic (exact) mass is 360 g/mol. The average molecular weight is 360 g/mol. The largest absolute Gasteiger partial charge is 0.497 e. The molecule has 0 atom stereocenters. The van der Waals surface area contributed by atoms with Gasteiger partial charge in [0.15, 0.2) is 5.11 Å². The minimum Gasteiger partial charge on any atom is -0.497 e. The molecule has 0 bridgehead atoms.